The van der Waals surface area contributed by atoms with Gasteiger partial charge in [0.15, 0.2) is 0 Å². The summed E-state index contributed by atoms with van der Waals surface area (Å²) in [5, 5.41) is 18.0. The molecular weight excluding hydrogens is 240 g/mol. The van der Waals surface area contributed by atoms with E-state index in [9.17, 15) is 5.11 Å². The molecule has 1 N–H and O–H groups in total. The summed E-state index contributed by atoms with van der Waals surface area (Å²) in [6.07, 6.45) is 6.88. The summed E-state index contributed by atoms with van der Waals surface area (Å²) >= 11 is 0. The number of likely N-dealkylation sites (tertiary alicyclic amines) is 1. The molecule has 0 amide bonds. The molecule has 0 saturated carbocycles. The number of rotatable bonds is 3. The fourth-order valence-electron chi connectivity index (χ4n) is 3.37. The van der Waals surface area contributed by atoms with Crippen LogP contribution in [0.25, 0.3) is 0 Å². The minimum absolute atomic E-state index is 0.271. The molecule has 0 radical (unpaired) electrons. The monoisotopic (exact) mass is 264 g/mol. The molecule has 0 aromatic carbocycles. The third-order valence-electron chi connectivity index (χ3n) is 4.73. The van der Waals surface area contributed by atoms with Gasteiger partial charge in [0.25, 0.3) is 0 Å². The number of likely N-dealkylation sites (N-methyl/N-ethyl adjacent to an activating group) is 1. The van der Waals surface area contributed by atoms with Crippen LogP contribution in [0.1, 0.15) is 37.3 Å². The van der Waals surface area contributed by atoms with Gasteiger partial charge < -0.3 is 14.6 Å². The van der Waals surface area contributed by atoms with E-state index in [1.165, 1.54) is 25.8 Å². The first kappa shape index (κ1) is 13.1. The Hall–Kier alpha value is -0.940. The molecule has 3 heterocycles. The summed E-state index contributed by atoms with van der Waals surface area (Å²) in [4.78, 5) is 2.46. The summed E-state index contributed by atoms with van der Waals surface area (Å²) in [5.74, 6) is 2.59. The average molecular weight is 264 g/mol. The van der Waals surface area contributed by atoms with Crippen LogP contribution in [-0.4, -0.2) is 51.0 Å². The summed E-state index contributed by atoms with van der Waals surface area (Å²) in [6.45, 7) is 2.45. The van der Waals surface area contributed by atoms with Crippen molar-refractivity contribution in [2.45, 2.75) is 51.1 Å². The Balaban J connectivity index is 1.71. The lowest BCUT2D eigenvalue weighted by molar-refractivity contribution is 0.178. The zero-order chi connectivity index (χ0) is 13.2. The molecule has 0 spiro atoms. The summed E-state index contributed by atoms with van der Waals surface area (Å²) in [5.41, 5.74) is 0. The predicted molar refractivity (Wildman–Crippen MR) is 72.9 cm³/mol. The van der Waals surface area contributed by atoms with Gasteiger partial charge in [-0.2, -0.15) is 0 Å². The molecule has 106 valence electrons. The highest BCUT2D eigenvalue weighted by atomic mass is 16.3. The molecule has 3 rings (SSSR count). The van der Waals surface area contributed by atoms with E-state index in [1.54, 1.807) is 0 Å². The summed E-state index contributed by atoms with van der Waals surface area (Å²) in [7, 11) is 2.22. The van der Waals surface area contributed by atoms with Crippen LogP contribution in [0.3, 0.4) is 0 Å². The van der Waals surface area contributed by atoms with Crippen molar-refractivity contribution in [2.75, 3.05) is 20.2 Å². The lowest BCUT2D eigenvalue weighted by atomic mass is 9.97. The largest absolute Gasteiger partial charge is 0.396 e. The molecule has 1 fully saturated rings. The Morgan fingerprint density at radius 3 is 2.89 bits per heavy atom. The molecule has 0 aliphatic carbocycles. The van der Waals surface area contributed by atoms with Crippen LogP contribution < -0.4 is 0 Å². The highest BCUT2D eigenvalue weighted by molar-refractivity contribution is 5.02. The molecule has 5 nitrogen and oxygen atoms in total. The number of hydrogen-bond donors (Lipinski definition) is 1. The highest BCUT2D eigenvalue weighted by Gasteiger charge is 2.26. The number of hydrogen-bond acceptors (Lipinski definition) is 4. The van der Waals surface area contributed by atoms with Gasteiger partial charge in [-0.25, -0.2) is 0 Å². The SMILES string of the molecule is CN1CCCCC1Cc1nnc2n1CCC(CO)C2. The van der Waals surface area contributed by atoms with Gasteiger partial charge in [0, 0.05) is 32.0 Å². The van der Waals surface area contributed by atoms with E-state index in [1.807, 2.05) is 0 Å². The third kappa shape index (κ3) is 2.67. The van der Waals surface area contributed by atoms with Crippen molar-refractivity contribution in [1.82, 2.24) is 19.7 Å². The number of aromatic nitrogens is 3. The zero-order valence-corrected chi connectivity index (χ0v) is 11.8. The maximum atomic E-state index is 9.26. The first-order chi connectivity index (χ1) is 9.28. The highest BCUT2D eigenvalue weighted by Crippen LogP contribution is 2.23. The van der Waals surface area contributed by atoms with Crippen LogP contribution in [0.4, 0.5) is 0 Å². The molecule has 1 aromatic heterocycles. The van der Waals surface area contributed by atoms with Crippen molar-refractivity contribution in [1.29, 1.82) is 0 Å². The quantitative estimate of drug-likeness (QED) is 0.880. The first-order valence-electron chi connectivity index (χ1n) is 7.50. The Kier molecular flexibility index (Phi) is 3.84. The van der Waals surface area contributed by atoms with Crippen LogP contribution >= 0.6 is 0 Å². The van der Waals surface area contributed by atoms with Gasteiger partial charge in [-0.05, 0) is 38.8 Å². The van der Waals surface area contributed by atoms with Gasteiger partial charge in [0.2, 0.25) is 0 Å². The van der Waals surface area contributed by atoms with Crippen molar-refractivity contribution in [3.8, 4) is 0 Å². The number of aliphatic hydroxyl groups excluding tert-OH is 1. The molecule has 19 heavy (non-hydrogen) atoms. The van der Waals surface area contributed by atoms with E-state index < -0.39 is 0 Å². The second-order valence-electron chi connectivity index (χ2n) is 6.06. The molecule has 0 bridgehead atoms. The lowest BCUT2D eigenvalue weighted by Gasteiger charge is -2.32. The number of fused-ring (bicyclic) bond motifs is 1. The van der Waals surface area contributed by atoms with E-state index in [4.69, 9.17) is 0 Å². The minimum Gasteiger partial charge on any atom is -0.396 e. The van der Waals surface area contributed by atoms with Crippen molar-refractivity contribution in [2.24, 2.45) is 5.92 Å². The maximum Gasteiger partial charge on any atom is 0.134 e. The van der Waals surface area contributed by atoms with Gasteiger partial charge in [0.05, 0.1) is 0 Å². The van der Waals surface area contributed by atoms with Crippen LogP contribution in [0.15, 0.2) is 0 Å². The zero-order valence-electron chi connectivity index (χ0n) is 11.8. The van der Waals surface area contributed by atoms with Crippen LogP contribution in [0, 0.1) is 5.92 Å². The average Bonchev–Trinajstić information content (AvgIpc) is 2.83. The van der Waals surface area contributed by atoms with Crippen molar-refractivity contribution < 1.29 is 5.11 Å². The lowest BCUT2D eigenvalue weighted by Crippen LogP contribution is -2.38. The van der Waals surface area contributed by atoms with Crippen molar-refractivity contribution in [3.05, 3.63) is 11.6 Å². The van der Waals surface area contributed by atoms with Gasteiger partial charge in [-0.1, -0.05) is 6.42 Å². The standard InChI is InChI=1S/C14H24N4O/c1-17-6-3-2-4-12(17)9-14-16-15-13-8-11(10-19)5-7-18(13)14/h11-12,19H,2-10H2,1H3. The minimum atomic E-state index is 0.271. The van der Waals surface area contributed by atoms with Crippen molar-refractivity contribution in [3.63, 3.8) is 0 Å². The van der Waals surface area contributed by atoms with E-state index in [2.05, 4.69) is 26.7 Å². The molecule has 2 unspecified atom stereocenters. The third-order valence-corrected chi connectivity index (χ3v) is 4.73. The van der Waals surface area contributed by atoms with Crippen LogP contribution in [-0.2, 0) is 19.4 Å². The van der Waals surface area contributed by atoms with Gasteiger partial charge in [-0.15, -0.1) is 10.2 Å². The molecule has 1 aromatic rings. The van der Waals surface area contributed by atoms with E-state index >= 15 is 0 Å². The van der Waals surface area contributed by atoms with E-state index in [0.717, 1.165) is 37.5 Å². The second kappa shape index (κ2) is 5.59. The second-order valence-corrected chi connectivity index (χ2v) is 6.06. The molecule has 2 atom stereocenters. The normalized spacial score (nSPS) is 28.3. The van der Waals surface area contributed by atoms with Crippen LogP contribution in [0.2, 0.25) is 0 Å². The molecule has 2 aliphatic heterocycles. The molecule has 5 heteroatoms. The molecule has 1 saturated heterocycles. The van der Waals surface area contributed by atoms with Gasteiger partial charge in [0.1, 0.15) is 11.6 Å². The number of piperidine rings is 1. The van der Waals surface area contributed by atoms with E-state index in [0.29, 0.717) is 12.0 Å². The topological polar surface area (TPSA) is 54.2 Å². The number of nitrogens with zero attached hydrogens (tertiary/aromatic N) is 4. The maximum absolute atomic E-state index is 9.26. The fraction of sp³-hybridized carbons (Fsp3) is 0.857. The first-order valence-corrected chi connectivity index (χ1v) is 7.50. The number of aliphatic hydroxyl groups is 1. The van der Waals surface area contributed by atoms with E-state index in [-0.39, 0.29) is 6.61 Å². The summed E-state index contributed by atoms with van der Waals surface area (Å²) in [6, 6.07) is 0.623. The smallest absolute Gasteiger partial charge is 0.134 e. The Morgan fingerprint density at radius 1 is 1.21 bits per heavy atom. The van der Waals surface area contributed by atoms with Crippen LogP contribution in [0.5, 0.6) is 0 Å². The Bertz CT molecular complexity index is 431. The Labute approximate surface area is 114 Å². The predicted octanol–water partition coefficient (Wildman–Crippen LogP) is 0.860. The Morgan fingerprint density at radius 2 is 2.11 bits per heavy atom. The van der Waals surface area contributed by atoms with Crippen molar-refractivity contribution >= 4 is 0 Å². The fourth-order valence-corrected chi connectivity index (χ4v) is 3.37. The molecule has 2 aliphatic rings. The van der Waals surface area contributed by atoms with Gasteiger partial charge >= 0.3 is 0 Å². The summed E-state index contributed by atoms with van der Waals surface area (Å²) < 4.78 is 2.29. The van der Waals surface area contributed by atoms with Gasteiger partial charge in [-0.3, -0.25) is 0 Å². The molecular formula is C14H24N4O.